The van der Waals surface area contributed by atoms with Gasteiger partial charge in [0.15, 0.2) is 0 Å². The van der Waals surface area contributed by atoms with Crippen molar-refractivity contribution in [3.05, 3.63) is 0 Å². The predicted molar refractivity (Wildman–Crippen MR) is 77.1 cm³/mol. The minimum absolute atomic E-state index is 0.955. The number of hydrogen-bond acceptors (Lipinski definition) is 1. The Morgan fingerprint density at radius 2 is 1.44 bits per heavy atom. The summed E-state index contributed by atoms with van der Waals surface area (Å²) < 4.78 is 0. The van der Waals surface area contributed by atoms with Crippen molar-refractivity contribution in [3.8, 4) is 0 Å². The third-order valence-corrected chi connectivity index (χ3v) is 2.96. The fraction of sp³-hybridized carbons (Fsp3) is 1.00. The Balaban J connectivity index is 0. The van der Waals surface area contributed by atoms with Crippen molar-refractivity contribution in [2.24, 2.45) is 5.92 Å². The molecule has 0 aromatic carbocycles. The van der Waals surface area contributed by atoms with Crippen LogP contribution in [0.3, 0.4) is 0 Å². The smallest absolute Gasteiger partial charge is 0.00249 e. The van der Waals surface area contributed by atoms with Gasteiger partial charge in [-0.05, 0) is 33.0 Å². The van der Waals surface area contributed by atoms with Gasteiger partial charge in [0.1, 0.15) is 0 Å². The highest BCUT2D eigenvalue weighted by Gasteiger charge is 1.95. The standard InChI is InChI=1S/C9H20.C6H15N/c1-4-6-7-8-9(3)5-2;1-4-5-6-7(2)3/h9H,4-8H2,1-3H3;4-6H2,1-3H3. The Morgan fingerprint density at radius 1 is 0.875 bits per heavy atom. The molecular formula is C15H35N. The van der Waals surface area contributed by atoms with Crippen molar-refractivity contribution in [2.45, 2.75) is 72.6 Å². The molecule has 0 aliphatic carbocycles. The third kappa shape index (κ3) is 19.5. The van der Waals surface area contributed by atoms with Crippen molar-refractivity contribution in [3.63, 3.8) is 0 Å². The zero-order chi connectivity index (χ0) is 12.8. The van der Waals surface area contributed by atoms with Gasteiger partial charge >= 0.3 is 0 Å². The van der Waals surface area contributed by atoms with Crippen LogP contribution in [0, 0.1) is 5.92 Å². The lowest BCUT2D eigenvalue weighted by molar-refractivity contribution is 0.398. The molecule has 0 fully saturated rings. The highest BCUT2D eigenvalue weighted by atomic mass is 15.0. The van der Waals surface area contributed by atoms with Crippen molar-refractivity contribution >= 4 is 0 Å². The minimum atomic E-state index is 0.955. The van der Waals surface area contributed by atoms with E-state index in [1.54, 1.807) is 0 Å². The summed E-state index contributed by atoms with van der Waals surface area (Å²) in [5.41, 5.74) is 0. The van der Waals surface area contributed by atoms with Crippen molar-refractivity contribution < 1.29 is 0 Å². The largest absolute Gasteiger partial charge is 0.309 e. The van der Waals surface area contributed by atoms with Crippen LogP contribution in [-0.4, -0.2) is 25.5 Å². The molecule has 0 saturated heterocycles. The van der Waals surface area contributed by atoms with Gasteiger partial charge in [0.25, 0.3) is 0 Å². The molecule has 1 atom stereocenters. The summed E-state index contributed by atoms with van der Waals surface area (Å²) in [5.74, 6) is 0.955. The fourth-order valence-corrected chi connectivity index (χ4v) is 1.42. The summed E-state index contributed by atoms with van der Waals surface area (Å²) in [5, 5.41) is 0. The van der Waals surface area contributed by atoms with E-state index in [1.807, 2.05) is 0 Å². The maximum absolute atomic E-state index is 2.34. The Labute approximate surface area is 105 Å². The molecule has 1 heteroatoms. The second-order valence-electron chi connectivity index (χ2n) is 5.17. The molecule has 0 saturated carbocycles. The van der Waals surface area contributed by atoms with E-state index < -0.39 is 0 Å². The topological polar surface area (TPSA) is 3.24 Å². The molecule has 0 bridgehead atoms. The Kier molecular flexibility index (Phi) is 17.1. The summed E-state index contributed by atoms with van der Waals surface area (Å²) in [4.78, 5) is 2.21. The summed E-state index contributed by atoms with van der Waals surface area (Å²) >= 11 is 0. The van der Waals surface area contributed by atoms with E-state index in [-0.39, 0.29) is 0 Å². The summed E-state index contributed by atoms with van der Waals surface area (Å²) in [6.45, 7) is 10.3. The van der Waals surface area contributed by atoms with E-state index in [9.17, 15) is 0 Å². The van der Waals surface area contributed by atoms with E-state index in [2.05, 4.69) is 46.7 Å². The molecule has 100 valence electrons. The SMILES string of the molecule is CCCCCC(C)CC.CCCCN(C)C. The van der Waals surface area contributed by atoms with E-state index in [1.165, 1.54) is 51.5 Å². The number of unbranched alkanes of at least 4 members (excludes halogenated alkanes) is 3. The van der Waals surface area contributed by atoms with Gasteiger partial charge in [-0.1, -0.05) is 66.2 Å². The van der Waals surface area contributed by atoms with Gasteiger partial charge in [-0.25, -0.2) is 0 Å². The summed E-state index contributed by atoms with van der Waals surface area (Å²) in [6.07, 6.45) is 9.63. The zero-order valence-corrected chi connectivity index (χ0v) is 12.7. The normalized spacial score (nSPS) is 12.2. The van der Waals surface area contributed by atoms with E-state index in [0.29, 0.717) is 0 Å². The minimum Gasteiger partial charge on any atom is -0.309 e. The van der Waals surface area contributed by atoms with Crippen LogP contribution in [0.25, 0.3) is 0 Å². The maximum atomic E-state index is 2.34. The van der Waals surface area contributed by atoms with E-state index >= 15 is 0 Å². The molecule has 0 rings (SSSR count). The Morgan fingerprint density at radius 3 is 1.75 bits per heavy atom. The van der Waals surface area contributed by atoms with Gasteiger partial charge in [0, 0.05) is 0 Å². The second-order valence-corrected chi connectivity index (χ2v) is 5.17. The van der Waals surface area contributed by atoms with Crippen LogP contribution in [0.1, 0.15) is 72.6 Å². The number of rotatable bonds is 8. The van der Waals surface area contributed by atoms with Gasteiger partial charge < -0.3 is 4.90 Å². The van der Waals surface area contributed by atoms with Crippen LogP contribution in [-0.2, 0) is 0 Å². The van der Waals surface area contributed by atoms with Crippen LogP contribution in [0.5, 0.6) is 0 Å². The van der Waals surface area contributed by atoms with Crippen LogP contribution in [0.15, 0.2) is 0 Å². The average molecular weight is 229 g/mol. The lowest BCUT2D eigenvalue weighted by atomic mass is 10.0. The molecule has 0 heterocycles. The fourth-order valence-electron chi connectivity index (χ4n) is 1.42. The lowest BCUT2D eigenvalue weighted by Crippen LogP contribution is -2.12. The molecule has 0 aromatic rings. The first-order chi connectivity index (χ1) is 7.58. The molecule has 16 heavy (non-hydrogen) atoms. The molecule has 0 spiro atoms. The first-order valence-corrected chi connectivity index (χ1v) is 7.23. The summed E-state index contributed by atoms with van der Waals surface area (Å²) in [6, 6.07) is 0. The maximum Gasteiger partial charge on any atom is -0.00249 e. The van der Waals surface area contributed by atoms with Gasteiger partial charge in [-0.2, -0.15) is 0 Å². The van der Waals surface area contributed by atoms with Gasteiger partial charge in [0.2, 0.25) is 0 Å². The first-order valence-electron chi connectivity index (χ1n) is 7.23. The van der Waals surface area contributed by atoms with Crippen LogP contribution in [0.4, 0.5) is 0 Å². The Hall–Kier alpha value is -0.0400. The van der Waals surface area contributed by atoms with Crippen LogP contribution in [0.2, 0.25) is 0 Å². The van der Waals surface area contributed by atoms with Gasteiger partial charge in [-0.3, -0.25) is 0 Å². The van der Waals surface area contributed by atoms with Gasteiger partial charge in [0.05, 0.1) is 0 Å². The Bertz CT molecular complexity index is 110. The highest BCUT2D eigenvalue weighted by Crippen LogP contribution is 2.11. The molecule has 0 radical (unpaired) electrons. The average Bonchev–Trinajstić information content (AvgIpc) is 2.27. The summed E-state index contributed by atoms with van der Waals surface area (Å²) in [7, 11) is 4.21. The molecule has 0 aliphatic rings. The van der Waals surface area contributed by atoms with Gasteiger partial charge in [-0.15, -0.1) is 0 Å². The van der Waals surface area contributed by atoms with Crippen molar-refractivity contribution in [1.29, 1.82) is 0 Å². The number of nitrogens with zero attached hydrogens (tertiary/aromatic N) is 1. The monoisotopic (exact) mass is 229 g/mol. The quantitative estimate of drug-likeness (QED) is 0.532. The molecule has 0 N–H and O–H groups in total. The first kappa shape index (κ1) is 18.3. The second kappa shape index (κ2) is 15.0. The molecular weight excluding hydrogens is 194 g/mol. The molecule has 1 nitrogen and oxygen atoms in total. The lowest BCUT2D eigenvalue weighted by Gasteiger charge is -2.05. The van der Waals surface area contributed by atoms with Crippen molar-refractivity contribution in [2.75, 3.05) is 20.6 Å². The van der Waals surface area contributed by atoms with Crippen LogP contribution < -0.4 is 0 Å². The molecule has 1 unspecified atom stereocenters. The predicted octanol–water partition coefficient (Wildman–Crippen LogP) is 4.96. The molecule has 0 aliphatic heterocycles. The zero-order valence-electron chi connectivity index (χ0n) is 12.7. The van der Waals surface area contributed by atoms with E-state index in [0.717, 1.165) is 5.92 Å². The molecule has 0 aromatic heterocycles. The molecule has 0 amide bonds. The highest BCUT2D eigenvalue weighted by molar-refractivity contribution is 4.49. The van der Waals surface area contributed by atoms with Crippen molar-refractivity contribution in [1.82, 2.24) is 4.90 Å². The third-order valence-electron chi connectivity index (χ3n) is 2.96. The van der Waals surface area contributed by atoms with Crippen LogP contribution >= 0.6 is 0 Å². The van der Waals surface area contributed by atoms with E-state index in [4.69, 9.17) is 0 Å². The number of hydrogen-bond donors (Lipinski definition) is 0.